The van der Waals surface area contributed by atoms with Gasteiger partial charge in [0.15, 0.2) is 0 Å². The summed E-state index contributed by atoms with van der Waals surface area (Å²) in [6.07, 6.45) is 0. The molecule has 0 aromatic carbocycles. The third-order valence-corrected chi connectivity index (χ3v) is 2.95. The first-order valence-corrected chi connectivity index (χ1v) is 5.18. The number of nitrogens with zero attached hydrogens (tertiary/aromatic N) is 1. The second-order valence-electron chi connectivity index (χ2n) is 4.27. The van der Waals surface area contributed by atoms with E-state index >= 15 is 0 Å². The number of nitrogens with one attached hydrogen (secondary N) is 1. The maximum Gasteiger partial charge on any atom is 0.307 e. The molecule has 0 saturated carbocycles. The van der Waals surface area contributed by atoms with Gasteiger partial charge in [-0.1, -0.05) is 6.92 Å². The molecule has 0 bridgehead atoms. The van der Waals surface area contributed by atoms with Crippen LogP contribution in [0.3, 0.4) is 0 Å². The topological polar surface area (TPSA) is 69.6 Å². The maximum atomic E-state index is 11.3. The molecule has 0 aliphatic carbocycles. The molecule has 86 valence electrons. The number of carbonyl (C=O) groups is 2. The lowest BCUT2D eigenvalue weighted by Crippen LogP contribution is -2.57. The van der Waals surface area contributed by atoms with Crippen molar-refractivity contribution in [3.8, 4) is 0 Å². The van der Waals surface area contributed by atoms with E-state index in [0.29, 0.717) is 13.1 Å². The number of hydrogen-bond acceptors (Lipinski definition) is 3. The Morgan fingerprint density at radius 1 is 1.60 bits per heavy atom. The van der Waals surface area contributed by atoms with Crippen LogP contribution in [0.2, 0.25) is 0 Å². The van der Waals surface area contributed by atoms with Gasteiger partial charge in [-0.25, -0.2) is 0 Å². The second kappa shape index (κ2) is 4.61. The Bertz CT molecular complexity index is 267. The van der Waals surface area contributed by atoms with Gasteiger partial charge in [-0.3, -0.25) is 14.5 Å². The first kappa shape index (κ1) is 12.0. The molecule has 3 atom stereocenters. The summed E-state index contributed by atoms with van der Waals surface area (Å²) in [5, 5.41) is 11.7. The lowest BCUT2D eigenvalue weighted by Gasteiger charge is -2.36. The highest BCUT2D eigenvalue weighted by Gasteiger charge is 2.30. The van der Waals surface area contributed by atoms with E-state index in [9.17, 15) is 9.59 Å². The van der Waals surface area contributed by atoms with Crippen molar-refractivity contribution in [1.29, 1.82) is 0 Å². The van der Waals surface area contributed by atoms with E-state index in [0.717, 1.165) is 0 Å². The zero-order valence-corrected chi connectivity index (χ0v) is 9.36. The minimum Gasteiger partial charge on any atom is -0.481 e. The minimum atomic E-state index is -0.818. The van der Waals surface area contributed by atoms with Crippen LogP contribution in [0.25, 0.3) is 0 Å². The Hall–Kier alpha value is -1.10. The molecule has 1 rings (SSSR count). The van der Waals surface area contributed by atoms with Gasteiger partial charge in [0, 0.05) is 18.6 Å². The monoisotopic (exact) mass is 214 g/mol. The molecular formula is C10H18N2O3. The Balaban J connectivity index is 2.62. The number of hydrogen-bond donors (Lipinski definition) is 2. The number of amides is 1. The number of piperazine rings is 1. The zero-order valence-electron chi connectivity index (χ0n) is 9.36. The Morgan fingerprint density at radius 3 is 2.67 bits per heavy atom. The number of carboxylic acid groups (broad SMARTS) is 1. The van der Waals surface area contributed by atoms with E-state index < -0.39 is 11.9 Å². The van der Waals surface area contributed by atoms with Crippen molar-refractivity contribution >= 4 is 11.9 Å². The highest BCUT2D eigenvalue weighted by molar-refractivity contribution is 5.79. The summed E-state index contributed by atoms with van der Waals surface area (Å²) in [6, 6.07) is -0.0225. The molecule has 15 heavy (non-hydrogen) atoms. The Kier molecular flexibility index (Phi) is 3.68. The highest BCUT2D eigenvalue weighted by atomic mass is 16.4. The summed E-state index contributed by atoms with van der Waals surface area (Å²) in [5.41, 5.74) is 0. The number of carboxylic acids is 1. The summed E-state index contributed by atoms with van der Waals surface area (Å²) < 4.78 is 0. The lowest BCUT2D eigenvalue weighted by atomic mass is 10.0. The third-order valence-electron chi connectivity index (χ3n) is 2.95. The number of rotatable bonds is 3. The molecule has 2 N–H and O–H groups in total. The van der Waals surface area contributed by atoms with Crippen molar-refractivity contribution in [2.75, 3.05) is 13.1 Å². The predicted octanol–water partition coefficient (Wildman–Crippen LogP) is -0.0841. The van der Waals surface area contributed by atoms with Crippen LogP contribution in [0.4, 0.5) is 0 Å². The van der Waals surface area contributed by atoms with Gasteiger partial charge >= 0.3 is 5.97 Å². The molecule has 1 aliphatic heterocycles. The molecule has 1 aliphatic rings. The van der Waals surface area contributed by atoms with E-state index in [1.807, 2.05) is 18.7 Å². The summed E-state index contributed by atoms with van der Waals surface area (Å²) in [4.78, 5) is 24.0. The SMILES string of the molecule is CC1CN(C(C)C(C)C(=O)O)CC(=O)N1. The van der Waals surface area contributed by atoms with E-state index in [4.69, 9.17) is 5.11 Å². The molecule has 0 aromatic heterocycles. The zero-order chi connectivity index (χ0) is 11.6. The van der Waals surface area contributed by atoms with Gasteiger partial charge in [0.2, 0.25) is 5.91 Å². The van der Waals surface area contributed by atoms with Crippen LogP contribution in [0.1, 0.15) is 20.8 Å². The lowest BCUT2D eigenvalue weighted by molar-refractivity contribution is -0.144. The Morgan fingerprint density at radius 2 is 2.20 bits per heavy atom. The molecular weight excluding hydrogens is 196 g/mol. The van der Waals surface area contributed by atoms with Crippen molar-refractivity contribution in [3.05, 3.63) is 0 Å². The van der Waals surface area contributed by atoms with Crippen LogP contribution < -0.4 is 5.32 Å². The van der Waals surface area contributed by atoms with Crippen LogP contribution in [-0.4, -0.2) is 47.1 Å². The summed E-state index contributed by atoms with van der Waals surface area (Å²) in [7, 11) is 0. The van der Waals surface area contributed by atoms with Crippen LogP contribution in [0.5, 0.6) is 0 Å². The van der Waals surface area contributed by atoms with Crippen molar-refractivity contribution in [2.45, 2.75) is 32.9 Å². The summed E-state index contributed by atoms with van der Waals surface area (Å²) >= 11 is 0. The van der Waals surface area contributed by atoms with Crippen molar-refractivity contribution in [2.24, 2.45) is 5.92 Å². The molecule has 0 radical (unpaired) electrons. The number of aliphatic carboxylic acids is 1. The first-order valence-electron chi connectivity index (χ1n) is 5.18. The van der Waals surface area contributed by atoms with Crippen molar-refractivity contribution in [3.63, 3.8) is 0 Å². The molecule has 0 aromatic rings. The van der Waals surface area contributed by atoms with E-state index in [2.05, 4.69) is 5.32 Å². The fourth-order valence-electron chi connectivity index (χ4n) is 1.80. The molecule has 3 unspecified atom stereocenters. The smallest absolute Gasteiger partial charge is 0.307 e. The molecule has 0 spiro atoms. The summed E-state index contributed by atoms with van der Waals surface area (Å²) in [5.74, 6) is -1.30. The van der Waals surface area contributed by atoms with Gasteiger partial charge in [-0.2, -0.15) is 0 Å². The molecule has 1 heterocycles. The van der Waals surface area contributed by atoms with Crippen LogP contribution >= 0.6 is 0 Å². The predicted molar refractivity (Wildman–Crippen MR) is 55.4 cm³/mol. The van der Waals surface area contributed by atoms with Crippen molar-refractivity contribution < 1.29 is 14.7 Å². The average Bonchev–Trinajstić information content (AvgIpc) is 2.13. The van der Waals surface area contributed by atoms with Crippen LogP contribution in [-0.2, 0) is 9.59 Å². The van der Waals surface area contributed by atoms with Gasteiger partial charge in [0.1, 0.15) is 0 Å². The van der Waals surface area contributed by atoms with Gasteiger partial charge in [0.05, 0.1) is 12.5 Å². The number of carbonyl (C=O) groups excluding carboxylic acids is 1. The largest absolute Gasteiger partial charge is 0.481 e. The van der Waals surface area contributed by atoms with Gasteiger partial charge in [-0.05, 0) is 13.8 Å². The highest BCUT2D eigenvalue weighted by Crippen LogP contribution is 2.13. The molecule has 5 heteroatoms. The maximum absolute atomic E-state index is 11.3. The van der Waals surface area contributed by atoms with E-state index in [1.165, 1.54) is 0 Å². The normalized spacial score (nSPS) is 26.9. The standard InChI is InChI=1S/C10H18N2O3/c1-6-4-12(5-9(13)11-6)8(3)7(2)10(14)15/h6-8H,4-5H2,1-3H3,(H,11,13)(H,14,15). The average molecular weight is 214 g/mol. The van der Waals surface area contributed by atoms with Crippen LogP contribution in [0.15, 0.2) is 0 Å². The molecule has 1 amide bonds. The summed E-state index contributed by atoms with van der Waals surface area (Å²) in [6.45, 7) is 6.45. The van der Waals surface area contributed by atoms with E-state index in [-0.39, 0.29) is 18.0 Å². The van der Waals surface area contributed by atoms with Crippen molar-refractivity contribution in [1.82, 2.24) is 10.2 Å². The fraction of sp³-hybridized carbons (Fsp3) is 0.800. The molecule has 1 saturated heterocycles. The van der Waals surface area contributed by atoms with Gasteiger partial charge < -0.3 is 10.4 Å². The molecule has 5 nitrogen and oxygen atoms in total. The van der Waals surface area contributed by atoms with Gasteiger partial charge in [0.25, 0.3) is 0 Å². The van der Waals surface area contributed by atoms with Crippen LogP contribution in [0, 0.1) is 5.92 Å². The quantitative estimate of drug-likeness (QED) is 0.689. The van der Waals surface area contributed by atoms with Gasteiger partial charge in [-0.15, -0.1) is 0 Å². The Labute approximate surface area is 89.4 Å². The minimum absolute atomic E-state index is 0.0295. The fourth-order valence-corrected chi connectivity index (χ4v) is 1.80. The third kappa shape index (κ3) is 2.92. The van der Waals surface area contributed by atoms with E-state index in [1.54, 1.807) is 6.92 Å². The molecule has 1 fully saturated rings. The second-order valence-corrected chi connectivity index (χ2v) is 4.27. The first-order chi connectivity index (χ1) is 6.91.